The molecule has 0 saturated carbocycles. The first-order valence-electron chi connectivity index (χ1n) is 21.3. The van der Waals surface area contributed by atoms with E-state index in [1.165, 1.54) is 161 Å². The van der Waals surface area contributed by atoms with Crippen LogP contribution in [0.25, 0.3) is 0 Å². The Morgan fingerprint density at radius 1 is 0.333 bits per heavy atom. The lowest BCUT2D eigenvalue weighted by atomic mass is 10.0. The first kappa shape index (κ1) is 48.5. The summed E-state index contributed by atoms with van der Waals surface area (Å²) in [6, 6.07) is 0. The van der Waals surface area contributed by atoms with Crippen LogP contribution in [-0.2, 0) is 14.4 Å². The molecule has 0 saturated heterocycles. The summed E-state index contributed by atoms with van der Waals surface area (Å²) in [5, 5.41) is 6.02. The van der Waals surface area contributed by atoms with E-state index >= 15 is 0 Å². The van der Waals surface area contributed by atoms with Crippen LogP contribution in [-0.4, -0.2) is 30.8 Å². The third kappa shape index (κ3) is 46.5. The van der Waals surface area contributed by atoms with Crippen molar-refractivity contribution in [1.29, 1.82) is 0 Å². The monoisotopic (exact) mass is 680 g/mol. The molecule has 48 heavy (non-hydrogen) atoms. The first-order valence-corrected chi connectivity index (χ1v) is 21.3. The normalized spacial score (nSPS) is 10.8. The Kier molecular flexibility index (Phi) is 43.9. The Morgan fingerprint density at radius 2 is 0.562 bits per heavy atom. The van der Waals surface area contributed by atoms with Gasteiger partial charge in [-0.25, -0.2) is 0 Å². The molecule has 4 N–H and O–H groups in total. The number of carbonyl (C=O) groups excluding carboxylic acids is 3. The van der Waals surface area contributed by atoms with Gasteiger partial charge < -0.3 is 16.4 Å². The second-order valence-electron chi connectivity index (χ2n) is 14.3. The lowest BCUT2D eigenvalue weighted by molar-refractivity contribution is -0.122. The molecular formula is C42H85N3O3. The molecule has 6 nitrogen and oxygen atoms in total. The topological polar surface area (TPSA) is 101 Å². The molecule has 0 aromatic rings. The van der Waals surface area contributed by atoms with E-state index in [-0.39, 0.29) is 17.7 Å². The maximum absolute atomic E-state index is 11.9. The van der Waals surface area contributed by atoms with Crippen LogP contribution >= 0.6 is 0 Å². The average molecular weight is 680 g/mol. The summed E-state index contributed by atoms with van der Waals surface area (Å²) < 4.78 is 0. The Hall–Kier alpha value is -1.59. The highest BCUT2D eigenvalue weighted by molar-refractivity contribution is 5.76. The number of carbonyl (C=O) groups is 3. The van der Waals surface area contributed by atoms with Crippen molar-refractivity contribution < 1.29 is 14.4 Å². The van der Waals surface area contributed by atoms with Gasteiger partial charge in [0.15, 0.2) is 0 Å². The van der Waals surface area contributed by atoms with Gasteiger partial charge in [0.05, 0.1) is 0 Å². The minimum atomic E-state index is -0.155. The van der Waals surface area contributed by atoms with Crippen molar-refractivity contribution in [3.05, 3.63) is 0 Å². The van der Waals surface area contributed by atoms with Crippen molar-refractivity contribution >= 4 is 17.7 Å². The number of rotatable bonds is 37. The van der Waals surface area contributed by atoms with Gasteiger partial charge in [0.2, 0.25) is 17.7 Å². The summed E-state index contributed by atoms with van der Waals surface area (Å²) in [7, 11) is 0. The van der Waals surface area contributed by atoms with E-state index in [4.69, 9.17) is 5.73 Å². The number of hydrogen-bond donors (Lipinski definition) is 3. The van der Waals surface area contributed by atoms with E-state index in [0.717, 1.165) is 51.6 Å². The van der Waals surface area contributed by atoms with Crippen molar-refractivity contribution in [2.24, 2.45) is 5.73 Å². The van der Waals surface area contributed by atoms with Gasteiger partial charge in [-0.15, -0.1) is 0 Å². The first-order chi connectivity index (χ1) is 23.5. The Balaban J connectivity index is 0. The number of unbranched alkanes of at least 4 members (excludes halogenated alkanes) is 27. The fourth-order valence-electron chi connectivity index (χ4n) is 6.04. The second kappa shape index (κ2) is 43.4. The minimum absolute atomic E-state index is 0.155. The van der Waals surface area contributed by atoms with Gasteiger partial charge in [0.25, 0.3) is 0 Å². The van der Waals surface area contributed by atoms with E-state index in [9.17, 15) is 14.4 Å². The summed E-state index contributed by atoms with van der Waals surface area (Å²) in [4.78, 5) is 34.1. The molecule has 0 aromatic heterocycles. The van der Waals surface area contributed by atoms with Gasteiger partial charge in [0.1, 0.15) is 0 Å². The Bertz CT molecular complexity index is 671. The Morgan fingerprint density at radius 3 is 0.854 bits per heavy atom. The van der Waals surface area contributed by atoms with Crippen LogP contribution in [0.4, 0.5) is 0 Å². The molecule has 0 bridgehead atoms. The molecule has 3 amide bonds. The molecule has 0 aliphatic rings. The third-order valence-electron chi connectivity index (χ3n) is 9.29. The molecule has 0 aliphatic heterocycles. The van der Waals surface area contributed by atoms with Crippen LogP contribution in [0.15, 0.2) is 0 Å². The summed E-state index contributed by atoms with van der Waals surface area (Å²) >= 11 is 0. The van der Waals surface area contributed by atoms with E-state index < -0.39 is 0 Å². The number of primary amides is 1. The summed E-state index contributed by atoms with van der Waals surface area (Å²) in [5.41, 5.74) is 5.09. The van der Waals surface area contributed by atoms with E-state index in [1.807, 2.05) is 0 Å². The molecule has 6 heteroatoms. The zero-order chi connectivity index (χ0) is 35.6. The molecule has 0 atom stereocenters. The van der Waals surface area contributed by atoms with Gasteiger partial charge in [-0.1, -0.05) is 188 Å². The van der Waals surface area contributed by atoms with Crippen LogP contribution in [0.1, 0.15) is 239 Å². The zero-order valence-corrected chi connectivity index (χ0v) is 32.8. The number of hydrogen-bond acceptors (Lipinski definition) is 3. The van der Waals surface area contributed by atoms with E-state index in [1.54, 1.807) is 0 Å². The quantitative estimate of drug-likeness (QED) is 0.0569. The summed E-state index contributed by atoms with van der Waals surface area (Å²) in [5.74, 6) is 0.209. The van der Waals surface area contributed by atoms with Gasteiger partial charge in [-0.05, 0) is 32.1 Å². The lowest BCUT2D eigenvalue weighted by Crippen LogP contribution is -2.25. The Labute approximate surface area is 300 Å². The number of nitrogens with two attached hydrogens (primary N) is 1. The molecule has 0 aromatic carbocycles. The standard InChI is InChI=1S/C26H52N2O2.C16H33NO/c1-3-5-7-9-10-11-12-13-14-15-17-21-25(29)28-24-20-16-18-22-26(30)27-23-19-8-6-4-2;1-2-3-4-5-6-7-8-9-10-11-12-13-14-15-16(17)18/h3-24H2,1-2H3,(H,27,30)(H,28,29);2-15H2,1H3,(H2,17,18). The largest absolute Gasteiger partial charge is 0.370 e. The molecule has 286 valence electrons. The van der Waals surface area contributed by atoms with Crippen LogP contribution < -0.4 is 16.4 Å². The predicted molar refractivity (Wildman–Crippen MR) is 209 cm³/mol. The molecule has 0 aliphatic carbocycles. The van der Waals surface area contributed by atoms with Crippen LogP contribution in [0.2, 0.25) is 0 Å². The highest BCUT2D eigenvalue weighted by Crippen LogP contribution is 2.14. The van der Waals surface area contributed by atoms with Crippen molar-refractivity contribution in [1.82, 2.24) is 10.6 Å². The van der Waals surface area contributed by atoms with Gasteiger partial charge in [-0.3, -0.25) is 14.4 Å². The third-order valence-corrected chi connectivity index (χ3v) is 9.29. The summed E-state index contributed by atoms with van der Waals surface area (Å²) in [6.45, 7) is 8.28. The fraction of sp³-hybridized carbons (Fsp3) is 0.929. The molecule has 0 fully saturated rings. The van der Waals surface area contributed by atoms with Gasteiger partial charge in [-0.2, -0.15) is 0 Å². The fourth-order valence-corrected chi connectivity index (χ4v) is 6.04. The molecule has 0 radical (unpaired) electrons. The molecular weight excluding hydrogens is 594 g/mol. The molecule has 0 rings (SSSR count). The van der Waals surface area contributed by atoms with Crippen molar-refractivity contribution in [2.45, 2.75) is 239 Å². The predicted octanol–water partition coefficient (Wildman–Crippen LogP) is 12.0. The maximum atomic E-state index is 11.9. The molecule has 0 heterocycles. The minimum Gasteiger partial charge on any atom is -0.370 e. The average Bonchev–Trinajstić information content (AvgIpc) is 3.07. The van der Waals surface area contributed by atoms with Gasteiger partial charge in [0, 0.05) is 32.4 Å². The molecule has 0 spiro atoms. The van der Waals surface area contributed by atoms with E-state index in [2.05, 4.69) is 31.4 Å². The lowest BCUT2D eigenvalue weighted by Gasteiger charge is -2.06. The molecule has 0 unspecified atom stereocenters. The van der Waals surface area contributed by atoms with Crippen molar-refractivity contribution in [3.63, 3.8) is 0 Å². The SMILES string of the molecule is CCCCCCCCCCCCCC(=O)NCCCCCC(=O)NCCCCCC.CCCCCCCCCCCCCCCC(N)=O. The zero-order valence-electron chi connectivity index (χ0n) is 32.8. The number of amides is 3. The van der Waals surface area contributed by atoms with Crippen LogP contribution in [0.3, 0.4) is 0 Å². The smallest absolute Gasteiger partial charge is 0.219 e. The highest BCUT2D eigenvalue weighted by Gasteiger charge is 2.03. The van der Waals surface area contributed by atoms with Crippen molar-refractivity contribution in [2.75, 3.05) is 13.1 Å². The number of nitrogens with one attached hydrogen (secondary N) is 2. The second-order valence-corrected chi connectivity index (χ2v) is 14.3. The maximum Gasteiger partial charge on any atom is 0.219 e. The van der Waals surface area contributed by atoms with Gasteiger partial charge >= 0.3 is 0 Å². The van der Waals surface area contributed by atoms with Crippen LogP contribution in [0, 0.1) is 0 Å². The van der Waals surface area contributed by atoms with Crippen LogP contribution in [0.5, 0.6) is 0 Å². The highest BCUT2D eigenvalue weighted by atomic mass is 16.2. The summed E-state index contributed by atoms with van der Waals surface area (Å²) in [6.07, 6.45) is 41.3. The van der Waals surface area contributed by atoms with E-state index in [0.29, 0.717) is 19.3 Å². The van der Waals surface area contributed by atoms with Crippen molar-refractivity contribution in [3.8, 4) is 0 Å².